The van der Waals surface area contributed by atoms with Gasteiger partial charge in [0.1, 0.15) is 0 Å². The Balaban J connectivity index is 2.39. The maximum atomic E-state index is 4.65. The van der Waals surface area contributed by atoms with Crippen LogP contribution in [0.1, 0.15) is 46.5 Å². The van der Waals surface area contributed by atoms with E-state index < -0.39 is 0 Å². The maximum absolute atomic E-state index is 4.65. The van der Waals surface area contributed by atoms with Crippen molar-refractivity contribution in [3.8, 4) is 0 Å². The average molecular weight is 186 g/mol. The largest absolute Gasteiger partial charge is 0.176 e. The van der Waals surface area contributed by atoms with Crippen LogP contribution in [-0.2, 0) is 0 Å². The molecular formula is C11H22S. The van der Waals surface area contributed by atoms with Crippen LogP contribution < -0.4 is 0 Å². The van der Waals surface area contributed by atoms with Crippen LogP contribution in [0.25, 0.3) is 0 Å². The van der Waals surface area contributed by atoms with Gasteiger partial charge in [0, 0.05) is 5.25 Å². The van der Waals surface area contributed by atoms with Gasteiger partial charge in [-0.15, -0.1) is 0 Å². The van der Waals surface area contributed by atoms with E-state index in [4.69, 9.17) is 0 Å². The second-order valence-corrected chi connectivity index (χ2v) is 5.17. The average Bonchev–Trinajstić information content (AvgIpc) is 2.08. The van der Waals surface area contributed by atoms with E-state index in [1.807, 2.05) is 0 Å². The summed E-state index contributed by atoms with van der Waals surface area (Å²) in [4.78, 5) is 0. The van der Waals surface area contributed by atoms with Gasteiger partial charge in [0.05, 0.1) is 0 Å². The first-order chi connectivity index (χ1) is 5.65. The van der Waals surface area contributed by atoms with Crippen LogP contribution in [0, 0.1) is 17.8 Å². The lowest BCUT2D eigenvalue weighted by Gasteiger charge is -2.34. The van der Waals surface area contributed by atoms with Gasteiger partial charge in [-0.05, 0) is 37.0 Å². The van der Waals surface area contributed by atoms with E-state index in [1.54, 1.807) is 0 Å². The quantitative estimate of drug-likeness (QED) is 0.624. The summed E-state index contributed by atoms with van der Waals surface area (Å²) < 4.78 is 0. The molecule has 1 rings (SSSR count). The summed E-state index contributed by atoms with van der Waals surface area (Å²) in [5, 5.41) is 0.665. The van der Waals surface area contributed by atoms with Crippen LogP contribution in [0.4, 0.5) is 0 Å². The summed E-state index contributed by atoms with van der Waals surface area (Å²) in [5.41, 5.74) is 0. The lowest BCUT2D eigenvalue weighted by Crippen LogP contribution is -2.26. The fourth-order valence-electron chi connectivity index (χ4n) is 2.18. The van der Waals surface area contributed by atoms with E-state index in [2.05, 4.69) is 33.4 Å². The minimum Gasteiger partial charge on any atom is -0.176 e. The summed E-state index contributed by atoms with van der Waals surface area (Å²) in [6, 6.07) is 0. The van der Waals surface area contributed by atoms with E-state index in [9.17, 15) is 0 Å². The van der Waals surface area contributed by atoms with Crippen molar-refractivity contribution in [2.75, 3.05) is 0 Å². The van der Waals surface area contributed by atoms with Gasteiger partial charge in [-0.1, -0.05) is 27.2 Å². The van der Waals surface area contributed by atoms with Crippen molar-refractivity contribution in [3.63, 3.8) is 0 Å². The number of hydrogen-bond acceptors (Lipinski definition) is 1. The minimum atomic E-state index is 0.665. The van der Waals surface area contributed by atoms with E-state index in [1.165, 1.54) is 25.7 Å². The summed E-state index contributed by atoms with van der Waals surface area (Å²) in [6.45, 7) is 7.03. The molecule has 72 valence electrons. The first kappa shape index (κ1) is 10.4. The van der Waals surface area contributed by atoms with Crippen LogP contribution in [0.15, 0.2) is 0 Å². The number of hydrogen-bond donors (Lipinski definition) is 1. The van der Waals surface area contributed by atoms with Gasteiger partial charge in [0.2, 0.25) is 0 Å². The molecule has 0 saturated heterocycles. The number of rotatable bonds is 2. The molecule has 0 bridgehead atoms. The molecule has 0 N–H and O–H groups in total. The highest BCUT2D eigenvalue weighted by Gasteiger charge is 2.27. The van der Waals surface area contributed by atoms with Crippen molar-refractivity contribution in [1.29, 1.82) is 0 Å². The molecule has 1 aliphatic carbocycles. The lowest BCUT2D eigenvalue weighted by atomic mass is 9.76. The van der Waals surface area contributed by atoms with E-state index in [0.717, 1.165) is 17.8 Å². The van der Waals surface area contributed by atoms with Crippen molar-refractivity contribution in [3.05, 3.63) is 0 Å². The van der Waals surface area contributed by atoms with Crippen LogP contribution in [0.5, 0.6) is 0 Å². The van der Waals surface area contributed by atoms with Crippen molar-refractivity contribution in [1.82, 2.24) is 0 Å². The Labute approximate surface area is 82.5 Å². The Kier molecular flexibility index (Phi) is 3.95. The molecule has 0 spiro atoms. The molecule has 0 aromatic heterocycles. The second-order valence-electron chi connectivity index (χ2n) is 4.50. The molecular weight excluding hydrogens is 164 g/mol. The van der Waals surface area contributed by atoms with E-state index in [0.29, 0.717) is 5.25 Å². The summed E-state index contributed by atoms with van der Waals surface area (Å²) in [5.74, 6) is 2.70. The monoisotopic (exact) mass is 186 g/mol. The van der Waals surface area contributed by atoms with Gasteiger partial charge in [-0.2, -0.15) is 12.6 Å². The molecule has 4 unspecified atom stereocenters. The second kappa shape index (κ2) is 4.55. The van der Waals surface area contributed by atoms with Crippen molar-refractivity contribution in [2.45, 2.75) is 51.7 Å². The van der Waals surface area contributed by atoms with Crippen LogP contribution >= 0.6 is 12.6 Å². The normalized spacial score (nSPS) is 39.5. The first-order valence-corrected chi connectivity index (χ1v) is 5.84. The standard InChI is InChI=1S/C11H22S/c1-4-8(2)10-6-5-9(3)11(12)7-10/h8-12H,4-7H2,1-3H3. The molecule has 0 aromatic carbocycles. The SMILES string of the molecule is CCC(C)C1CCC(C)C(S)C1. The van der Waals surface area contributed by atoms with Gasteiger partial charge < -0.3 is 0 Å². The molecule has 0 nitrogen and oxygen atoms in total. The third-order valence-corrected chi connectivity index (χ3v) is 4.36. The van der Waals surface area contributed by atoms with Crippen LogP contribution in [-0.4, -0.2) is 5.25 Å². The zero-order valence-corrected chi connectivity index (χ0v) is 9.48. The molecule has 1 saturated carbocycles. The smallest absolute Gasteiger partial charge is 0.00451 e. The Morgan fingerprint density at radius 1 is 1.42 bits per heavy atom. The molecule has 1 fully saturated rings. The minimum absolute atomic E-state index is 0.665. The maximum Gasteiger partial charge on any atom is 0.00451 e. The highest BCUT2D eigenvalue weighted by Crippen LogP contribution is 2.36. The van der Waals surface area contributed by atoms with Crippen LogP contribution in [0.2, 0.25) is 0 Å². The summed E-state index contributed by atoms with van der Waals surface area (Å²) in [7, 11) is 0. The summed E-state index contributed by atoms with van der Waals surface area (Å²) in [6.07, 6.45) is 5.51. The Bertz CT molecular complexity index is 133. The molecule has 4 atom stereocenters. The predicted molar refractivity (Wildman–Crippen MR) is 58.7 cm³/mol. The molecule has 1 heteroatoms. The highest BCUT2D eigenvalue weighted by atomic mass is 32.1. The third kappa shape index (κ3) is 2.42. The van der Waals surface area contributed by atoms with Crippen molar-refractivity contribution < 1.29 is 0 Å². The predicted octanol–water partition coefficient (Wildman–Crippen LogP) is 3.77. The molecule has 0 amide bonds. The molecule has 0 radical (unpaired) electrons. The highest BCUT2D eigenvalue weighted by molar-refractivity contribution is 7.81. The zero-order chi connectivity index (χ0) is 9.14. The van der Waals surface area contributed by atoms with Gasteiger partial charge in [-0.25, -0.2) is 0 Å². The topological polar surface area (TPSA) is 0 Å². The molecule has 0 aromatic rings. The molecule has 0 heterocycles. The van der Waals surface area contributed by atoms with Gasteiger partial charge >= 0.3 is 0 Å². The molecule has 12 heavy (non-hydrogen) atoms. The van der Waals surface area contributed by atoms with Crippen molar-refractivity contribution in [2.24, 2.45) is 17.8 Å². The van der Waals surface area contributed by atoms with Gasteiger partial charge in [0.25, 0.3) is 0 Å². The van der Waals surface area contributed by atoms with Gasteiger partial charge in [0.15, 0.2) is 0 Å². The molecule has 0 aliphatic heterocycles. The first-order valence-electron chi connectivity index (χ1n) is 5.33. The zero-order valence-electron chi connectivity index (χ0n) is 8.59. The summed E-state index contributed by atoms with van der Waals surface area (Å²) >= 11 is 4.65. The fraction of sp³-hybridized carbons (Fsp3) is 1.00. The Morgan fingerprint density at radius 2 is 2.08 bits per heavy atom. The number of thiol groups is 1. The third-order valence-electron chi connectivity index (χ3n) is 3.64. The lowest BCUT2D eigenvalue weighted by molar-refractivity contribution is 0.227. The van der Waals surface area contributed by atoms with Gasteiger partial charge in [-0.3, -0.25) is 0 Å². The van der Waals surface area contributed by atoms with E-state index in [-0.39, 0.29) is 0 Å². The fourth-order valence-corrected chi connectivity index (χ4v) is 2.60. The Morgan fingerprint density at radius 3 is 2.58 bits per heavy atom. The Hall–Kier alpha value is 0.350. The van der Waals surface area contributed by atoms with Crippen molar-refractivity contribution >= 4 is 12.6 Å². The molecule has 1 aliphatic rings. The van der Waals surface area contributed by atoms with E-state index >= 15 is 0 Å². The van der Waals surface area contributed by atoms with Crippen LogP contribution in [0.3, 0.4) is 0 Å².